The first kappa shape index (κ1) is 18.7. The lowest BCUT2D eigenvalue weighted by Gasteiger charge is -2.28. The summed E-state index contributed by atoms with van der Waals surface area (Å²) < 4.78 is 20.5. The van der Waals surface area contributed by atoms with E-state index in [1.165, 1.54) is 16.3 Å². The van der Waals surface area contributed by atoms with Crippen molar-refractivity contribution >= 4 is 21.8 Å². The van der Waals surface area contributed by atoms with Gasteiger partial charge in [-0.3, -0.25) is 4.90 Å². The molecular weight excluding hydrogens is 388 g/mol. The molecule has 3 heterocycles. The van der Waals surface area contributed by atoms with Gasteiger partial charge in [0.25, 0.3) is 0 Å². The van der Waals surface area contributed by atoms with Crippen LogP contribution in [0.5, 0.6) is 11.5 Å². The summed E-state index contributed by atoms with van der Waals surface area (Å²) in [4.78, 5) is 2.40. The van der Waals surface area contributed by atoms with E-state index in [-0.39, 0.29) is 6.04 Å². The molecule has 31 heavy (non-hydrogen) atoms. The number of ether oxygens (including phenoxy) is 3. The van der Waals surface area contributed by atoms with Crippen LogP contribution < -0.4 is 9.47 Å². The Morgan fingerprint density at radius 1 is 0.839 bits per heavy atom. The molecule has 2 aliphatic heterocycles. The lowest BCUT2D eigenvalue weighted by molar-refractivity contribution is 0.0323. The summed E-state index contributed by atoms with van der Waals surface area (Å²) in [6, 6.07) is 23.4. The Morgan fingerprint density at radius 3 is 2.45 bits per heavy atom. The highest BCUT2D eigenvalue weighted by Crippen LogP contribution is 2.44. The van der Waals surface area contributed by atoms with E-state index in [0.717, 1.165) is 55.4 Å². The zero-order chi connectivity index (χ0) is 20.6. The molecule has 5 nitrogen and oxygen atoms in total. The molecule has 1 aromatic heterocycles. The maximum atomic E-state index is 6.40. The predicted molar refractivity (Wildman–Crippen MR) is 122 cm³/mol. The normalized spacial score (nSPS) is 18.9. The van der Waals surface area contributed by atoms with Crippen LogP contribution in [-0.4, -0.2) is 55.5 Å². The van der Waals surface area contributed by atoms with E-state index in [1.807, 2.05) is 0 Å². The number of fused-ring (bicyclic) bond motifs is 3. The molecule has 0 aliphatic carbocycles. The molecule has 0 bridgehead atoms. The molecule has 158 valence electrons. The molecule has 1 unspecified atom stereocenters. The molecule has 4 aromatic rings. The number of hydrogen-bond acceptors (Lipinski definition) is 4. The van der Waals surface area contributed by atoms with Crippen LogP contribution in [0.3, 0.4) is 0 Å². The van der Waals surface area contributed by atoms with Crippen molar-refractivity contribution in [1.29, 1.82) is 0 Å². The molecule has 3 aromatic carbocycles. The summed E-state index contributed by atoms with van der Waals surface area (Å²) in [5, 5.41) is 2.43. The molecule has 1 atom stereocenters. The van der Waals surface area contributed by atoms with Gasteiger partial charge in [0, 0.05) is 30.4 Å². The van der Waals surface area contributed by atoms with E-state index in [4.69, 9.17) is 14.2 Å². The molecule has 1 fully saturated rings. The Kier molecular flexibility index (Phi) is 4.78. The van der Waals surface area contributed by atoms with Crippen molar-refractivity contribution in [2.45, 2.75) is 6.04 Å². The van der Waals surface area contributed by atoms with Crippen LogP contribution >= 0.6 is 0 Å². The second kappa shape index (κ2) is 7.91. The smallest absolute Gasteiger partial charge is 0.143 e. The number of benzene rings is 3. The fourth-order valence-corrected chi connectivity index (χ4v) is 4.91. The van der Waals surface area contributed by atoms with Gasteiger partial charge in [-0.1, -0.05) is 54.6 Å². The van der Waals surface area contributed by atoms with Gasteiger partial charge in [0.1, 0.15) is 24.7 Å². The summed E-state index contributed by atoms with van der Waals surface area (Å²) in [6.07, 6.45) is 0. The molecule has 5 heteroatoms. The van der Waals surface area contributed by atoms with E-state index < -0.39 is 0 Å². The Morgan fingerprint density at radius 2 is 1.61 bits per heavy atom. The highest BCUT2D eigenvalue weighted by atomic mass is 16.5. The fraction of sp³-hybridized carbons (Fsp3) is 0.308. The van der Waals surface area contributed by atoms with E-state index in [1.54, 1.807) is 0 Å². The maximum Gasteiger partial charge on any atom is 0.143 e. The SMILES string of the molecule is c1ccc(C2COc3cccc4c5cccc(OCCN6CCOCC6)c5n2c34)cc1. The van der Waals surface area contributed by atoms with Gasteiger partial charge in [0.15, 0.2) is 0 Å². The molecule has 0 saturated carbocycles. The zero-order valence-electron chi connectivity index (χ0n) is 17.5. The van der Waals surface area contributed by atoms with E-state index in [0.29, 0.717) is 13.2 Å². The summed E-state index contributed by atoms with van der Waals surface area (Å²) in [7, 11) is 0. The number of para-hydroxylation sites is 2. The van der Waals surface area contributed by atoms with Gasteiger partial charge in [-0.05, 0) is 17.7 Å². The van der Waals surface area contributed by atoms with Gasteiger partial charge in [-0.15, -0.1) is 0 Å². The highest BCUT2D eigenvalue weighted by molar-refractivity contribution is 6.12. The topological polar surface area (TPSA) is 35.9 Å². The van der Waals surface area contributed by atoms with Crippen LogP contribution in [0.1, 0.15) is 11.6 Å². The van der Waals surface area contributed by atoms with Gasteiger partial charge in [-0.25, -0.2) is 0 Å². The summed E-state index contributed by atoms with van der Waals surface area (Å²) in [6.45, 7) is 5.77. The molecule has 0 N–H and O–H groups in total. The van der Waals surface area contributed by atoms with E-state index in [9.17, 15) is 0 Å². The molecule has 0 radical (unpaired) electrons. The van der Waals surface area contributed by atoms with Gasteiger partial charge < -0.3 is 18.8 Å². The van der Waals surface area contributed by atoms with Gasteiger partial charge >= 0.3 is 0 Å². The first-order chi connectivity index (χ1) is 15.4. The van der Waals surface area contributed by atoms with Crippen molar-refractivity contribution in [2.75, 3.05) is 46.1 Å². The third-order valence-corrected chi connectivity index (χ3v) is 6.43. The van der Waals surface area contributed by atoms with Crippen LogP contribution in [0.4, 0.5) is 0 Å². The first-order valence-corrected chi connectivity index (χ1v) is 11.1. The Balaban J connectivity index is 1.44. The Labute approximate surface area is 181 Å². The van der Waals surface area contributed by atoms with Gasteiger partial charge in [0.2, 0.25) is 0 Å². The monoisotopic (exact) mass is 414 g/mol. The highest BCUT2D eigenvalue weighted by Gasteiger charge is 2.28. The first-order valence-electron chi connectivity index (χ1n) is 11.1. The Bertz CT molecular complexity index is 1210. The van der Waals surface area contributed by atoms with Crippen molar-refractivity contribution in [3.05, 3.63) is 72.3 Å². The Hall–Kier alpha value is -3.02. The van der Waals surface area contributed by atoms with Gasteiger partial charge in [-0.2, -0.15) is 0 Å². The minimum absolute atomic E-state index is 0.111. The minimum atomic E-state index is 0.111. The van der Waals surface area contributed by atoms with Gasteiger partial charge in [0.05, 0.1) is 30.3 Å². The second-order valence-electron chi connectivity index (χ2n) is 8.21. The van der Waals surface area contributed by atoms with Crippen molar-refractivity contribution < 1.29 is 14.2 Å². The number of morpholine rings is 1. The molecule has 2 aliphatic rings. The lowest BCUT2D eigenvalue weighted by Crippen LogP contribution is -2.38. The minimum Gasteiger partial charge on any atom is -0.490 e. The quantitative estimate of drug-likeness (QED) is 0.482. The van der Waals surface area contributed by atoms with Crippen molar-refractivity contribution in [2.24, 2.45) is 0 Å². The third-order valence-electron chi connectivity index (χ3n) is 6.43. The lowest BCUT2D eigenvalue weighted by atomic mass is 10.1. The summed E-state index contributed by atoms with van der Waals surface area (Å²) >= 11 is 0. The largest absolute Gasteiger partial charge is 0.490 e. The second-order valence-corrected chi connectivity index (χ2v) is 8.21. The third kappa shape index (κ3) is 3.25. The van der Waals surface area contributed by atoms with Crippen molar-refractivity contribution in [3.63, 3.8) is 0 Å². The van der Waals surface area contributed by atoms with E-state index in [2.05, 4.69) is 76.2 Å². The standard InChI is InChI=1S/C26H26N2O3/c1-2-6-19(7-3-1)22-18-31-24-11-5-9-21-20-8-4-10-23(25(20)28(22)26(21)24)30-17-14-27-12-15-29-16-13-27/h1-11,22H,12-18H2. The molecular formula is C26H26N2O3. The maximum absolute atomic E-state index is 6.40. The summed E-state index contributed by atoms with van der Waals surface area (Å²) in [5.41, 5.74) is 3.56. The molecule has 1 saturated heterocycles. The zero-order valence-corrected chi connectivity index (χ0v) is 17.5. The van der Waals surface area contributed by atoms with Crippen molar-refractivity contribution in [3.8, 4) is 11.5 Å². The van der Waals surface area contributed by atoms with Crippen LogP contribution in [-0.2, 0) is 4.74 Å². The van der Waals surface area contributed by atoms with Crippen molar-refractivity contribution in [1.82, 2.24) is 9.47 Å². The molecule has 6 rings (SSSR count). The van der Waals surface area contributed by atoms with E-state index >= 15 is 0 Å². The number of rotatable bonds is 5. The number of nitrogens with zero attached hydrogens (tertiary/aromatic N) is 2. The molecule has 0 amide bonds. The predicted octanol–water partition coefficient (Wildman–Crippen LogP) is 4.49. The average Bonchev–Trinajstić information content (AvgIpc) is 3.18. The molecule has 0 spiro atoms. The van der Waals surface area contributed by atoms with Crippen LogP contribution in [0.2, 0.25) is 0 Å². The average molecular weight is 415 g/mol. The van der Waals surface area contributed by atoms with Crippen LogP contribution in [0.25, 0.3) is 21.8 Å². The number of hydrogen-bond donors (Lipinski definition) is 0. The van der Waals surface area contributed by atoms with Crippen LogP contribution in [0.15, 0.2) is 66.7 Å². The van der Waals surface area contributed by atoms with Crippen LogP contribution in [0, 0.1) is 0 Å². The summed E-state index contributed by atoms with van der Waals surface area (Å²) in [5.74, 6) is 1.89. The number of aromatic nitrogens is 1. The fourth-order valence-electron chi connectivity index (χ4n) is 4.91.